The second-order valence-electron chi connectivity index (χ2n) is 5.30. The number of nitrogens with zero attached hydrogens (tertiary/aromatic N) is 1. The first-order chi connectivity index (χ1) is 10.1. The molecule has 1 fully saturated rings. The van der Waals surface area contributed by atoms with Gasteiger partial charge in [0, 0.05) is 5.25 Å². The maximum Gasteiger partial charge on any atom is 0.337 e. The molecule has 0 saturated heterocycles. The van der Waals surface area contributed by atoms with Crippen molar-refractivity contribution in [1.82, 2.24) is 9.55 Å². The number of imidazole rings is 1. The van der Waals surface area contributed by atoms with Crippen molar-refractivity contribution in [3.8, 4) is 0 Å². The highest BCUT2D eigenvalue weighted by molar-refractivity contribution is 7.99. The summed E-state index contributed by atoms with van der Waals surface area (Å²) >= 11 is 1.88. The fraction of sp³-hybridized carbons (Fsp3) is 0.467. The number of thioether (sulfide) groups is 1. The Hall–Kier alpha value is -1.69. The minimum atomic E-state index is -1.01. The number of aromatic nitrogens is 2. The van der Waals surface area contributed by atoms with Gasteiger partial charge in [0.2, 0.25) is 0 Å². The first-order valence-corrected chi connectivity index (χ1v) is 8.26. The number of carbonyl (C=O) groups is 1. The largest absolute Gasteiger partial charge is 0.478 e. The Morgan fingerprint density at radius 2 is 2.29 bits per heavy atom. The van der Waals surface area contributed by atoms with Crippen LogP contribution in [0.4, 0.5) is 0 Å². The van der Waals surface area contributed by atoms with Crippen LogP contribution in [0.1, 0.15) is 42.6 Å². The lowest BCUT2D eigenvalue weighted by Gasteiger charge is -2.20. The van der Waals surface area contributed by atoms with Gasteiger partial charge in [-0.05, 0) is 30.7 Å². The maximum atomic E-state index is 12.4. The van der Waals surface area contributed by atoms with E-state index in [1.807, 2.05) is 17.8 Å². The smallest absolute Gasteiger partial charge is 0.337 e. The van der Waals surface area contributed by atoms with Crippen LogP contribution >= 0.6 is 11.8 Å². The molecule has 0 aliphatic heterocycles. The van der Waals surface area contributed by atoms with E-state index in [0.29, 0.717) is 16.3 Å². The molecule has 1 aromatic carbocycles. The molecule has 5 nitrogen and oxygen atoms in total. The Morgan fingerprint density at radius 3 is 3.00 bits per heavy atom. The van der Waals surface area contributed by atoms with Crippen molar-refractivity contribution in [1.29, 1.82) is 0 Å². The number of carboxylic acid groups (broad SMARTS) is 1. The highest BCUT2D eigenvalue weighted by atomic mass is 32.2. The van der Waals surface area contributed by atoms with Gasteiger partial charge in [0.05, 0.1) is 22.6 Å². The number of para-hydroxylation sites is 1. The van der Waals surface area contributed by atoms with Crippen LogP contribution in [0, 0.1) is 0 Å². The zero-order valence-corrected chi connectivity index (χ0v) is 12.7. The van der Waals surface area contributed by atoms with Crippen molar-refractivity contribution in [2.75, 3.05) is 5.75 Å². The van der Waals surface area contributed by atoms with Gasteiger partial charge in [0.1, 0.15) is 0 Å². The van der Waals surface area contributed by atoms with Gasteiger partial charge in [-0.15, -0.1) is 0 Å². The Bertz CT molecular complexity index is 734. The minimum absolute atomic E-state index is 0.153. The molecule has 1 aliphatic rings. The molecule has 0 radical (unpaired) electrons. The van der Waals surface area contributed by atoms with Crippen molar-refractivity contribution in [3.63, 3.8) is 0 Å². The fourth-order valence-corrected chi connectivity index (χ4v) is 4.51. The van der Waals surface area contributed by atoms with E-state index in [0.717, 1.165) is 25.0 Å². The van der Waals surface area contributed by atoms with Crippen LogP contribution in [0.25, 0.3) is 11.0 Å². The molecule has 2 atom stereocenters. The number of nitrogens with one attached hydrogen (secondary N) is 1. The number of aromatic carboxylic acids is 1. The molecule has 112 valence electrons. The molecular weight excluding hydrogens is 288 g/mol. The topological polar surface area (TPSA) is 75.1 Å². The highest BCUT2D eigenvalue weighted by Crippen LogP contribution is 2.39. The van der Waals surface area contributed by atoms with Gasteiger partial charge in [0.25, 0.3) is 0 Å². The Morgan fingerprint density at radius 1 is 1.48 bits per heavy atom. The van der Waals surface area contributed by atoms with Crippen LogP contribution < -0.4 is 5.69 Å². The molecule has 21 heavy (non-hydrogen) atoms. The predicted octanol–water partition coefficient (Wildman–Crippen LogP) is 2.87. The van der Waals surface area contributed by atoms with Crippen molar-refractivity contribution < 1.29 is 9.90 Å². The summed E-state index contributed by atoms with van der Waals surface area (Å²) in [6.45, 7) is 2.13. The molecule has 6 heteroatoms. The summed E-state index contributed by atoms with van der Waals surface area (Å²) in [4.78, 5) is 26.4. The molecule has 1 saturated carbocycles. The molecule has 1 aromatic heterocycles. The van der Waals surface area contributed by atoms with Crippen molar-refractivity contribution >= 4 is 28.8 Å². The van der Waals surface area contributed by atoms with Crippen molar-refractivity contribution in [2.24, 2.45) is 0 Å². The second-order valence-corrected chi connectivity index (χ2v) is 6.81. The summed E-state index contributed by atoms with van der Waals surface area (Å²) in [6, 6.07) is 5.20. The summed E-state index contributed by atoms with van der Waals surface area (Å²) in [5.74, 6) is 0.0125. The van der Waals surface area contributed by atoms with Gasteiger partial charge in [-0.2, -0.15) is 11.8 Å². The van der Waals surface area contributed by atoms with Crippen LogP contribution in [0.2, 0.25) is 0 Å². The van der Waals surface area contributed by atoms with Crippen molar-refractivity contribution in [2.45, 2.75) is 37.5 Å². The van der Waals surface area contributed by atoms with E-state index in [1.165, 1.54) is 6.07 Å². The Labute approximate surface area is 126 Å². The van der Waals surface area contributed by atoms with E-state index in [-0.39, 0.29) is 17.3 Å². The minimum Gasteiger partial charge on any atom is -0.478 e. The number of rotatable bonds is 4. The summed E-state index contributed by atoms with van der Waals surface area (Å²) < 4.78 is 1.77. The number of fused-ring (bicyclic) bond motifs is 1. The monoisotopic (exact) mass is 306 g/mol. The van der Waals surface area contributed by atoms with Crippen LogP contribution in [-0.2, 0) is 0 Å². The molecule has 0 spiro atoms. The summed E-state index contributed by atoms with van der Waals surface area (Å²) in [6.07, 6.45) is 3.20. The van der Waals surface area contributed by atoms with Crippen LogP contribution in [0.3, 0.4) is 0 Å². The number of hydrogen-bond acceptors (Lipinski definition) is 3. The Kier molecular flexibility index (Phi) is 3.80. The third-order valence-corrected chi connectivity index (χ3v) is 5.42. The number of benzene rings is 1. The van der Waals surface area contributed by atoms with Gasteiger partial charge in [-0.1, -0.05) is 19.4 Å². The van der Waals surface area contributed by atoms with Gasteiger partial charge in [-0.3, -0.25) is 4.57 Å². The first-order valence-electron chi connectivity index (χ1n) is 7.21. The molecule has 2 unspecified atom stereocenters. The first kappa shape index (κ1) is 14.3. The van der Waals surface area contributed by atoms with E-state index >= 15 is 0 Å². The summed E-state index contributed by atoms with van der Waals surface area (Å²) in [5.41, 5.74) is 1.09. The molecule has 3 rings (SSSR count). The molecule has 1 heterocycles. The number of carboxylic acids is 1. The van der Waals surface area contributed by atoms with Gasteiger partial charge in [0.15, 0.2) is 0 Å². The van der Waals surface area contributed by atoms with Gasteiger partial charge >= 0.3 is 11.7 Å². The average Bonchev–Trinajstić information content (AvgIpc) is 3.01. The third kappa shape index (κ3) is 2.37. The highest BCUT2D eigenvalue weighted by Gasteiger charge is 2.31. The third-order valence-electron chi connectivity index (χ3n) is 4.11. The Balaban J connectivity index is 2.15. The van der Waals surface area contributed by atoms with Gasteiger partial charge < -0.3 is 10.1 Å². The normalized spacial score (nSPS) is 22.0. The van der Waals surface area contributed by atoms with E-state index in [9.17, 15) is 14.7 Å². The second kappa shape index (κ2) is 5.60. The van der Waals surface area contributed by atoms with E-state index in [1.54, 1.807) is 10.6 Å². The zero-order valence-electron chi connectivity index (χ0n) is 11.8. The molecule has 1 aliphatic carbocycles. The van der Waals surface area contributed by atoms with E-state index < -0.39 is 5.97 Å². The predicted molar refractivity (Wildman–Crippen MR) is 84.3 cm³/mol. The maximum absolute atomic E-state index is 12.4. The van der Waals surface area contributed by atoms with Crippen LogP contribution in [0.15, 0.2) is 23.0 Å². The number of hydrogen-bond donors (Lipinski definition) is 2. The molecular formula is C15H18N2O3S. The lowest BCUT2D eigenvalue weighted by atomic mass is 10.1. The molecule has 0 amide bonds. The van der Waals surface area contributed by atoms with Crippen LogP contribution in [-0.4, -0.2) is 31.6 Å². The summed E-state index contributed by atoms with van der Waals surface area (Å²) in [5, 5.41) is 9.68. The van der Waals surface area contributed by atoms with Gasteiger partial charge in [-0.25, -0.2) is 9.59 Å². The SMILES string of the molecule is CCSC1CCCC1n1c(=O)[nH]c2c(C(=O)O)cccc21. The lowest BCUT2D eigenvalue weighted by molar-refractivity contribution is 0.0699. The average molecular weight is 306 g/mol. The van der Waals surface area contributed by atoms with E-state index in [2.05, 4.69) is 11.9 Å². The lowest BCUT2D eigenvalue weighted by Crippen LogP contribution is -2.26. The molecule has 0 bridgehead atoms. The number of aromatic amines is 1. The molecule has 2 N–H and O–H groups in total. The van der Waals surface area contributed by atoms with Crippen LogP contribution in [0.5, 0.6) is 0 Å². The standard InChI is InChI=1S/C15H18N2O3S/c1-2-21-12-8-4-6-10(12)17-11-7-3-5-9(14(18)19)13(11)16-15(17)20/h3,5,7,10,12H,2,4,6,8H2,1H3,(H,16,20)(H,18,19). The quantitative estimate of drug-likeness (QED) is 0.911. The molecule has 2 aromatic rings. The summed E-state index contributed by atoms with van der Waals surface area (Å²) in [7, 11) is 0. The zero-order chi connectivity index (χ0) is 15.0. The van der Waals surface area contributed by atoms with Crippen molar-refractivity contribution in [3.05, 3.63) is 34.2 Å². The van der Waals surface area contributed by atoms with E-state index in [4.69, 9.17) is 0 Å². The number of H-pyrrole nitrogens is 1. The fourth-order valence-electron chi connectivity index (χ4n) is 3.27.